The van der Waals surface area contributed by atoms with Crippen molar-refractivity contribution in [3.63, 3.8) is 0 Å². The van der Waals surface area contributed by atoms with Crippen LogP contribution in [0.4, 0.5) is 4.39 Å². The minimum atomic E-state index is -0.411. The van der Waals surface area contributed by atoms with E-state index in [-0.39, 0.29) is 17.7 Å². The fraction of sp³-hybridized carbons (Fsp3) is 0.400. The van der Waals surface area contributed by atoms with Crippen LogP contribution < -0.4 is 5.32 Å². The number of aliphatic hydroxyl groups excluding tert-OH is 1. The normalized spacial score (nSPS) is 12.9. The van der Waals surface area contributed by atoms with E-state index < -0.39 is 5.82 Å². The van der Waals surface area contributed by atoms with Crippen molar-refractivity contribution in [2.45, 2.75) is 19.5 Å². The minimum absolute atomic E-state index is 0.0267. The molecule has 1 aromatic carbocycles. The van der Waals surface area contributed by atoms with Crippen LogP contribution >= 0.6 is 11.6 Å². The molecule has 2 N–H and O–H groups in total. The monoisotopic (exact) mass is 217 g/mol. The molecule has 0 heterocycles. The van der Waals surface area contributed by atoms with E-state index in [4.69, 9.17) is 16.7 Å². The quantitative estimate of drug-likeness (QED) is 0.808. The van der Waals surface area contributed by atoms with Gasteiger partial charge in [0.25, 0.3) is 0 Å². The second-order valence-electron chi connectivity index (χ2n) is 3.21. The first-order valence-electron chi connectivity index (χ1n) is 4.41. The molecule has 0 aliphatic heterocycles. The Morgan fingerprint density at radius 2 is 2.29 bits per heavy atom. The molecule has 78 valence electrons. The van der Waals surface area contributed by atoms with E-state index in [0.29, 0.717) is 6.54 Å². The van der Waals surface area contributed by atoms with E-state index in [9.17, 15) is 4.39 Å². The highest BCUT2D eigenvalue weighted by atomic mass is 35.5. The first-order chi connectivity index (χ1) is 6.63. The maximum Gasteiger partial charge on any atom is 0.141 e. The Hall–Kier alpha value is -0.640. The van der Waals surface area contributed by atoms with Crippen LogP contribution in [0.25, 0.3) is 0 Å². The fourth-order valence-corrected chi connectivity index (χ4v) is 1.21. The average molecular weight is 218 g/mol. The van der Waals surface area contributed by atoms with Gasteiger partial charge in [0, 0.05) is 12.6 Å². The van der Waals surface area contributed by atoms with Crippen LogP contribution in [0.15, 0.2) is 18.2 Å². The molecule has 0 unspecified atom stereocenters. The highest BCUT2D eigenvalue weighted by molar-refractivity contribution is 6.30. The van der Waals surface area contributed by atoms with Crippen LogP contribution in [0.1, 0.15) is 12.5 Å². The van der Waals surface area contributed by atoms with Crippen LogP contribution in [0.2, 0.25) is 5.02 Å². The van der Waals surface area contributed by atoms with Crippen LogP contribution in [-0.2, 0) is 6.54 Å². The molecule has 1 aromatic rings. The summed E-state index contributed by atoms with van der Waals surface area (Å²) < 4.78 is 12.8. The number of halogens is 2. The molecule has 14 heavy (non-hydrogen) atoms. The van der Waals surface area contributed by atoms with Crippen molar-refractivity contribution in [3.8, 4) is 0 Å². The van der Waals surface area contributed by atoms with Gasteiger partial charge in [0.1, 0.15) is 5.82 Å². The summed E-state index contributed by atoms with van der Waals surface area (Å²) in [5.74, 6) is -0.411. The number of rotatable bonds is 4. The van der Waals surface area contributed by atoms with Gasteiger partial charge >= 0.3 is 0 Å². The maximum atomic E-state index is 12.8. The molecule has 2 nitrogen and oxygen atoms in total. The van der Waals surface area contributed by atoms with Gasteiger partial charge in [0.05, 0.1) is 11.6 Å². The molecule has 4 heteroatoms. The number of nitrogens with one attached hydrogen (secondary N) is 1. The molecule has 0 saturated heterocycles. The fourth-order valence-electron chi connectivity index (χ4n) is 1.01. The lowest BCUT2D eigenvalue weighted by Crippen LogP contribution is -2.28. The second-order valence-corrected chi connectivity index (χ2v) is 3.62. The number of hydrogen-bond donors (Lipinski definition) is 2. The molecule has 0 bridgehead atoms. The van der Waals surface area contributed by atoms with Gasteiger partial charge in [-0.25, -0.2) is 4.39 Å². The van der Waals surface area contributed by atoms with Crippen LogP contribution in [0, 0.1) is 5.82 Å². The lowest BCUT2D eigenvalue weighted by molar-refractivity contribution is 0.251. The third-order valence-electron chi connectivity index (χ3n) is 1.91. The Bertz CT molecular complexity index is 306. The smallest absolute Gasteiger partial charge is 0.141 e. The molecule has 0 spiro atoms. The molecule has 0 aliphatic rings. The maximum absolute atomic E-state index is 12.8. The average Bonchev–Trinajstić information content (AvgIpc) is 2.19. The number of aliphatic hydroxyl groups is 1. The molecule has 1 rings (SSSR count). The van der Waals surface area contributed by atoms with Gasteiger partial charge in [0.2, 0.25) is 0 Å². The summed E-state index contributed by atoms with van der Waals surface area (Å²) in [6, 6.07) is 4.61. The molecule has 0 saturated carbocycles. The summed E-state index contributed by atoms with van der Waals surface area (Å²) in [7, 11) is 0. The van der Waals surface area contributed by atoms with Gasteiger partial charge in [-0.3, -0.25) is 0 Å². The SMILES string of the molecule is C[C@@H](CO)NCc1ccc(F)c(Cl)c1. The van der Waals surface area contributed by atoms with E-state index in [2.05, 4.69) is 5.32 Å². The number of hydrogen-bond acceptors (Lipinski definition) is 2. The van der Waals surface area contributed by atoms with Crippen LogP contribution in [0.5, 0.6) is 0 Å². The van der Waals surface area contributed by atoms with Crippen LogP contribution in [0.3, 0.4) is 0 Å². The summed E-state index contributed by atoms with van der Waals surface area (Å²) in [6.07, 6.45) is 0. The number of benzene rings is 1. The molecule has 1 atom stereocenters. The molecule has 0 radical (unpaired) electrons. The second kappa shape index (κ2) is 5.29. The zero-order valence-electron chi connectivity index (χ0n) is 7.93. The lowest BCUT2D eigenvalue weighted by Gasteiger charge is -2.10. The Morgan fingerprint density at radius 3 is 2.86 bits per heavy atom. The largest absolute Gasteiger partial charge is 0.395 e. The Balaban J connectivity index is 2.55. The zero-order valence-corrected chi connectivity index (χ0v) is 8.68. The van der Waals surface area contributed by atoms with Gasteiger partial charge < -0.3 is 10.4 Å². The highest BCUT2D eigenvalue weighted by Crippen LogP contribution is 2.15. The summed E-state index contributed by atoms with van der Waals surface area (Å²) in [5, 5.41) is 12.0. The van der Waals surface area contributed by atoms with Gasteiger partial charge in [-0.05, 0) is 24.6 Å². The van der Waals surface area contributed by atoms with Crippen molar-refractivity contribution >= 4 is 11.6 Å². The summed E-state index contributed by atoms with van der Waals surface area (Å²) in [6.45, 7) is 2.52. The van der Waals surface area contributed by atoms with Gasteiger partial charge in [-0.1, -0.05) is 17.7 Å². The van der Waals surface area contributed by atoms with E-state index in [0.717, 1.165) is 5.56 Å². The van der Waals surface area contributed by atoms with Crippen LogP contribution in [-0.4, -0.2) is 17.8 Å². The Morgan fingerprint density at radius 1 is 1.57 bits per heavy atom. The van der Waals surface area contributed by atoms with E-state index >= 15 is 0 Å². The highest BCUT2D eigenvalue weighted by Gasteiger charge is 2.02. The molecule has 0 aromatic heterocycles. The molecular weight excluding hydrogens is 205 g/mol. The van der Waals surface area contributed by atoms with E-state index in [1.165, 1.54) is 6.07 Å². The van der Waals surface area contributed by atoms with Gasteiger partial charge in [0.15, 0.2) is 0 Å². The Labute approximate surface area is 87.7 Å². The predicted molar refractivity (Wildman–Crippen MR) is 54.8 cm³/mol. The molecule has 0 aliphatic carbocycles. The lowest BCUT2D eigenvalue weighted by atomic mass is 10.2. The van der Waals surface area contributed by atoms with Crippen molar-refractivity contribution < 1.29 is 9.50 Å². The van der Waals surface area contributed by atoms with Crippen molar-refractivity contribution in [1.82, 2.24) is 5.32 Å². The van der Waals surface area contributed by atoms with Gasteiger partial charge in [-0.15, -0.1) is 0 Å². The third kappa shape index (κ3) is 3.25. The summed E-state index contributed by atoms with van der Waals surface area (Å²) in [4.78, 5) is 0. The first-order valence-corrected chi connectivity index (χ1v) is 4.79. The van der Waals surface area contributed by atoms with Gasteiger partial charge in [-0.2, -0.15) is 0 Å². The molecule has 0 fully saturated rings. The van der Waals surface area contributed by atoms with Crippen molar-refractivity contribution in [1.29, 1.82) is 0 Å². The predicted octanol–water partition coefficient (Wildman–Crippen LogP) is 1.95. The molecule has 0 amide bonds. The third-order valence-corrected chi connectivity index (χ3v) is 2.20. The van der Waals surface area contributed by atoms with Crippen molar-refractivity contribution in [2.24, 2.45) is 0 Å². The standard InChI is InChI=1S/C10H13ClFNO/c1-7(6-14)13-5-8-2-3-10(12)9(11)4-8/h2-4,7,13-14H,5-6H2,1H3/t7-/m0/s1. The van der Waals surface area contributed by atoms with Crippen molar-refractivity contribution in [3.05, 3.63) is 34.6 Å². The van der Waals surface area contributed by atoms with E-state index in [1.807, 2.05) is 6.92 Å². The summed E-state index contributed by atoms with van der Waals surface area (Å²) >= 11 is 5.61. The Kier molecular flexibility index (Phi) is 4.32. The van der Waals surface area contributed by atoms with E-state index in [1.54, 1.807) is 12.1 Å². The topological polar surface area (TPSA) is 32.3 Å². The summed E-state index contributed by atoms with van der Waals surface area (Å²) in [5.41, 5.74) is 0.900. The molecular formula is C10H13ClFNO. The first kappa shape index (κ1) is 11.4. The minimum Gasteiger partial charge on any atom is -0.395 e. The zero-order chi connectivity index (χ0) is 10.6. The van der Waals surface area contributed by atoms with Crippen molar-refractivity contribution in [2.75, 3.05) is 6.61 Å².